The number of aromatic nitrogens is 2. The first-order chi connectivity index (χ1) is 7.18. The SMILES string of the molecule is O=c1c(Br)c(Cl)ncn1CC1CCCO1. The summed E-state index contributed by atoms with van der Waals surface area (Å²) in [6.07, 6.45) is 3.63. The van der Waals surface area contributed by atoms with E-state index in [2.05, 4.69) is 20.9 Å². The van der Waals surface area contributed by atoms with Gasteiger partial charge in [0.05, 0.1) is 19.0 Å². The van der Waals surface area contributed by atoms with E-state index in [-0.39, 0.29) is 16.8 Å². The highest BCUT2D eigenvalue weighted by Crippen LogP contribution is 2.16. The van der Waals surface area contributed by atoms with Crippen molar-refractivity contribution >= 4 is 27.5 Å². The molecule has 0 amide bonds. The topological polar surface area (TPSA) is 44.1 Å². The van der Waals surface area contributed by atoms with Crippen molar-refractivity contribution in [3.8, 4) is 0 Å². The average molecular weight is 294 g/mol. The highest BCUT2D eigenvalue weighted by atomic mass is 79.9. The van der Waals surface area contributed by atoms with Crippen molar-refractivity contribution in [2.24, 2.45) is 0 Å². The summed E-state index contributed by atoms with van der Waals surface area (Å²) in [5.74, 6) is 0. The van der Waals surface area contributed by atoms with Crippen LogP contribution >= 0.6 is 27.5 Å². The second kappa shape index (κ2) is 4.63. The fourth-order valence-corrected chi connectivity index (χ4v) is 2.04. The normalized spacial score (nSPS) is 20.8. The smallest absolute Gasteiger partial charge is 0.269 e. The zero-order valence-corrected chi connectivity index (χ0v) is 10.3. The lowest BCUT2D eigenvalue weighted by atomic mass is 10.2. The molecule has 1 unspecified atom stereocenters. The summed E-state index contributed by atoms with van der Waals surface area (Å²) < 4.78 is 7.28. The number of hydrogen-bond donors (Lipinski definition) is 0. The lowest BCUT2D eigenvalue weighted by Crippen LogP contribution is -2.27. The Morgan fingerprint density at radius 3 is 3.20 bits per heavy atom. The molecule has 0 saturated carbocycles. The molecule has 0 spiro atoms. The summed E-state index contributed by atoms with van der Waals surface area (Å²) in [5, 5.41) is 0.198. The molecule has 82 valence electrons. The van der Waals surface area contributed by atoms with Crippen LogP contribution in [0.15, 0.2) is 15.6 Å². The molecular formula is C9H10BrClN2O2. The van der Waals surface area contributed by atoms with Crippen LogP contribution in [0.3, 0.4) is 0 Å². The number of hydrogen-bond acceptors (Lipinski definition) is 3. The average Bonchev–Trinajstić information content (AvgIpc) is 2.72. The standard InChI is InChI=1S/C9H10BrClN2O2/c10-7-8(11)12-5-13(9(7)14)4-6-2-1-3-15-6/h5-6H,1-4H2. The molecule has 1 saturated heterocycles. The molecule has 2 heterocycles. The Labute approximate surface area is 100 Å². The third-order valence-electron chi connectivity index (χ3n) is 2.36. The van der Waals surface area contributed by atoms with Gasteiger partial charge in [0.25, 0.3) is 5.56 Å². The van der Waals surface area contributed by atoms with Gasteiger partial charge in [0.1, 0.15) is 4.47 Å². The first kappa shape index (κ1) is 11.1. The molecule has 1 aromatic heterocycles. The minimum atomic E-state index is -0.162. The van der Waals surface area contributed by atoms with Gasteiger partial charge in [-0.2, -0.15) is 0 Å². The largest absolute Gasteiger partial charge is 0.376 e. The molecule has 4 nitrogen and oxygen atoms in total. The van der Waals surface area contributed by atoms with Crippen molar-refractivity contribution in [3.05, 3.63) is 26.3 Å². The van der Waals surface area contributed by atoms with Gasteiger partial charge >= 0.3 is 0 Å². The molecule has 0 aromatic carbocycles. The van der Waals surface area contributed by atoms with Crippen LogP contribution in [0.4, 0.5) is 0 Å². The van der Waals surface area contributed by atoms with Crippen molar-refractivity contribution in [1.82, 2.24) is 9.55 Å². The highest BCUT2D eigenvalue weighted by Gasteiger charge is 2.17. The molecule has 0 bridgehead atoms. The van der Waals surface area contributed by atoms with Gasteiger partial charge in [-0.3, -0.25) is 9.36 Å². The summed E-state index contributed by atoms with van der Waals surface area (Å²) in [6, 6.07) is 0. The number of nitrogens with zero attached hydrogens (tertiary/aromatic N) is 2. The Morgan fingerprint density at radius 2 is 2.53 bits per heavy atom. The van der Waals surface area contributed by atoms with Crippen LogP contribution in [-0.2, 0) is 11.3 Å². The Balaban J connectivity index is 2.21. The first-order valence-corrected chi connectivity index (χ1v) is 5.87. The van der Waals surface area contributed by atoms with Crippen LogP contribution in [0.1, 0.15) is 12.8 Å². The molecule has 0 N–H and O–H groups in total. The summed E-state index contributed by atoms with van der Waals surface area (Å²) in [5.41, 5.74) is -0.162. The van der Waals surface area contributed by atoms with E-state index in [0.29, 0.717) is 11.0 Å². The molecule has 0 radical (unpaired) electrons. The van der Waals surface area contributed by atoms with Gasteiger partial charge in [-0.1, -0.05) is 11.6 Å². The van der Waals surface area contributed by atoms with Crippen LogP contribution in [0.25, 0.3) is 0 Å². The zero-order chi connectivity index (χ0) is 10.8. The Morgan fingerprint density at radius 1 is 1.73 bits per heavy atom. The van der Waals surface area contributed by atoms with E-state index in [0.717, 1.165) is 19.4 Å². The minimum Gasteiger partial charge on any atom is -0.376 e. The van der Waals surface area contributed by atoms with Crippen LogP contribution in [0.5, 0.6) is 0 Å². The van der Waals surface area contributed by atoms with Crippen LogP contribution < -0.4 is 5.56 Å². The number of halogens is 2. The van der Waals surface area contributed by atoms with E-state index in [9.17, 15) is 4.79 Å². The molecule has 0 aliphatic carbocycles. The Bertz CT molecular complexity index is 415. The molecule has 1 aliphatic heterocycles. The van der Waals surface area contributed by atoms with E-state index < -0.39 is 0 Å². The van der Waals surface area contributed by atoms with E-state index in [1.807, 2.05) is 0 Å². The van der Waals surface area contributed by atoms with E-state index in [1.54, 1.807) is 0 Å². The van der Waals surface area contributed by atoms with Gasteiger partial charge in [-0.25, -0.2) is 4.98 Å². The van der Waals surface area contributed by atoms with Gasteiger partial charge in [-0.15, -0.1) is 0 Å². The predicted octanol–water partition coefficient (Wildman–Crippen LogP) is 1.84. The van der Waals surface area contributed by atoms with Crippen molar-refractivity contribution < 1.29 is 4.74 Å². The summed E-state index contributed by atoms with van der Waals surface area (Å²) in [6.45, 7) is 1.32. The van der Waals surface area contributed by atoms with E-state index in [4.69, 9.17) is 16.3 Å². The van der Waals surface area contributed by atoms with Crippen LogP contribution in [-0.4, -0.2) is 22.3 Å². The van der Waals surface area contributed by atoms with Crippen molar-refractivity contribution in [1.29, 1.82) is 0 Å². The fraction of sp³-hybridized carbons (Fsp3) is 0.556. The second-order valence-electron chi connectivity index (χ2n) is 3.44. The van der Waals surface area contributed by atoms with E-state index in [1.165, 1.54) is 10.9 Å². The van der Waals surface area contributed by atoms with Gasteiger partial charge in [0, 0.05) is 6.61 Å². The maximum Gasteiger partial charge on any atom is 0.269 e. The lowest BCUT2D eigenvalue weighted by molar-refractivity contribution is 0.0958. The van der Waals surface area contributed by atoms with Gasteiger partial charge < -0.3 is 4.74 Å². The molecule has 1 atom stereocenters. The quantitative estimate of drug-likeness (QED) is 0.782. The third-order valence-corrected chi connectivity index (χ3v) is 3.59. The predicted molar refractivity (Wildman–Crippen MR) is 60.2 cm³/mol. The lowest BCUT2D eigenvalue weighted by Gasteiger charge is -2.11. The zero-order valence-electron chi connectivity index (χ0n) is 7.95. The summed E-state index contributed by atoms with van der Waals surface area (Å²) >= 11 is 8.81. The Kier molecular flexibility index (Phi) is 3.43. The summed E-state index contributed by atoms with van der Waals surface area (Å²) in [4.78, 5) is 15.6. The molecule has 1 fully saturated rings. The molecular weight excluding hydrogens is 283 g/mol. The molecule has 1 aromatic rings. The fourth-order valence-electron chi connectivity index (χ4n) is 1.58. The summed E-state index contributed by atoms with van der Waals surface area (Å²) in [7, 11) is 0. The van der Waals surface area contributed by atoms with Gasteiger partial charge in [0.2, 0.25) is 0 Å². The highest BCUT2D eigenvalue weighted by molar-refractivity contribution is 9.10. The van der Waals surface area contributed by atoms with Crippen LogP contribution in [0, 0.1) is 0 Å². The molecule has 2 rings (SSSR count). The van der Waals surface area contributed by atoms with Gasteiger partial charge in [0.15, 0.2) is 5.15 Å². The van der Waals surface area contributed by atoms with Gasteiger partial charge in [-0.05, 0) is 28.8 Å². The number of rotatable bonds is 2. The monoisotopic (exact) mass is 292 g/mol. The van der Waals surface area contributed by atoms with Crippen LogP contribution in [0.2, 0.25) is 5.15 Å². The third kappa shape index (κ3) is 2.41. The Hall–Kier alpha value is -0.390. The van der Waals surface area contributed by atoms with Crippen molar-refractivity contribution in [2.45, 2.75) is 25.5 Å². The van der Waals surface area contributed by atoms with Crippen molar-refractivity contribution in [2.75, 3.05) is 6.61 Å². The molecule has 15 heavy (non-hydrogen) atoms. The minimum absolute atomic E-state index is 0.123. The second-order valence-corrected chi connectivity index (χ2v) is 4.59. The molecule has 6 heteroatoms. The maximum atomic E-state index is 11.7. The van der Waals surface area contributed by atoms with E-state index >= 15 is 0 Å². The van der Waals surface area contributed by atoms with Crippen molar-refractivity contribution in [3.63, 3.8) is 0 Å². The first-order valence-electron chi connectivity index (χ1n) is 4.70. The number of ether oxygens (including phenoxy) is 1. The molecule has 1 aliphatic rings. The maximum absolute atomic E-state index is 11.7.